The van der Waals surface area contributed by atoms with Crippen LogP contribution in [-0.4, -0.2) is 62.5 Å². The molecule has 2 aromatic rings. The van der Waals surface area contributed by atoms with Gasteiger partial charge in [0.25, 0.3) is 0 Å². The number of hydrogen-bond donors (Lipinski definition) is 0. The number of rotatable bonds is 4. The van der Waals surface area contributed by atoms with E-state index in [1.54, 1.807) is 12.1 Å². The maximum absolute atomic E-state index is 13.4. The second kappa shape index (κ2) is 8.49. The van der Waals surface area contributed by atoms with Gasteiger partial charge in [0.2, 0.25) is 0 Å². The van der Waals surface area contributed by atoms with E-state index in [4.69, 9.17) is 0 Å². The number of carbonyl (C=O) groups is 1. The van der Waals surface area contributed by atoms with E-state index in [0.29, 0.717) is 11.6 Å². The Hall–Kier alpha value is -2.47. The van der Waals surface area contributed by atoms with E-state index in [0.717, 1.165) is 75.5 Å². The Morgan fingerprint density at radius 3 is 2.38 bits per heavy atom. The van der Waals surface area contributed by atoms with E-state index in [1.807, 2.05) is 25.1 Å². The van der Waals surface area contributed by atoms with Crippen molar-refractivity contribution in [1.82, 2.24) is 9.88 Å². The normalized spacial score (nSPS) is 18.9. The van der Waals surface area contributed by atoms with Gasteiger partial charge in [-0.2, -0.15) is 0 Å². The minimum Gasteiger partial charge on any atom is -0.370 e. The van der Waals surface area contributed by atoms with Crippen LogP contribution >= 0.6 is 0 Å². The van der Waals surface area contributed by atoms with Crippen LogP contribution < -0.4 is 9.80 Å². The maximum atomic E-state index is 13.4. The van der Waals surface area contributed by atoms with Crippen LogP contribution in [0.1, 0.15) is 40.4 Å². The molecule has 2 fully saturated rings. The molecule has 1 aromatic carbocycles. The van der Waals surface area contributed by atoms with Crippen LogP contribution in [-0.2, 0) is 0 Å². The van der Waals surface area contributed by atoms with Gasteiger partial charge in [0.1, 0.15) is 17.3 Å². The molecule has 0 N–H and O–H groups in total. The highest BCUT2D eigenvalue weighted by Gasteiger charge is 2.24. The van der Waals surface area contributed by atoms with Crippen molar-refractivity contribution in [1.29, 1.82) is 0 Å². The number of anilines is 2. The van der Waals surface area contributed by atoms with Gasteiger partial charge in [-0.15, -0.1) is 0 Å². The van der Waals surface area contributed by atoms with E-state index >= 15 is 0 Å². The first kappa shape index (κ1) is 19.8. The van der Waals surface area contributed by atoms with Crippen LogP contribution in [0.5, 0.6) is 0 Å². The smallest absolute Gasteiger partial charge is 0.170 e. The number of aromatic nitrogens is 1. The lowest BCUT2D eigenvalue weighted by molar-refractivity contribution is 0.111. The molecule has 2 saturated heterocycles. The van der Waals surface area contributed by atoms with Crippen molar-refractivity contribution >= 4 is 17.8 Å². The zero-order chi connectivity index (χ0) is 20.4. The summed E-state index contributed by atoms with van der Waals surface area (Å²) in [6, 6.07) is 9.19. The summed E-state index contributed by atoms with van der Waals surface area (Å²) in [4.78, 5) is 23.3. The van der Waals surface area contributed by atoms with Crippen molar-refractivity contribution in [2.45, 2.75) is 25.7 Å². The fraction of sp³-hybridized carbons (Fsp3) is 0.478. The number of piperidine rings is 1. The number of piperazine rings is 1. The first-order valence-electron chi connectivity index (χ1n) is 10.5. The Balaban J connectivity index is 1.46. The number of hydrogen-bond acceptors (Lipinski definition) is 5. The van der Waals surface area contributed by atoms with Crippen molar-refractivity contribution in [3.05, 3.63) is 53.0 Å². The van der Waals surface area contributed by atoms with Gasteiger partial charge in [-0.25, -0.2) is 9.37 Å². The van der Waals surface area contributed by atoms with Gasteiger partial charge in [0.05, 0.1) is 5.69 Å². The number of pyridine rings is 1. The van der Waals surface area contributed by atoms with Crippen LogP contribution in [0.2, 0.25) is 0 Å². The van der Waals surface area contributed by atoms with Gasteiger partial charge in [-0.3, -0.25) is 4.79 Å². The van der Waals surface area contributed by atoms with Crippen molar-refractivity contribution in [3.8, 4) is 0 Å². The SMILES string of the molecule is Cc1cc(F)ccc1C1CCN(c2ccc(N3CCN(C)CC3)nc2C=O)CC1. The van der Waals surface area contributed by atoms with Gasteiger partial charge in [-0.05, 0) is 68.1 Å². The molecule has 154 valence electrons. The first-order valence-corrected chi connectivity index (χ1v) is 10.5. The Kier molecular flexibility index (Phi) is 5.81. The van der Waals surface area contributed by atoms with Crippen LogP contribution in [0.3, 0.4) is 0 Å². The molecule has 5 nitrogen and oxygen atoms in total. The number of nitrogens with zero attached hydrogens (tertiary/aromatic N) is 4. The van der Waals surface area contributed by atoms with Gasteiger partial charge in [0, 0.05) is 39.3 Å². The minimum absolute atomic E-state index is 0.175. The Labute approximate surface area is 172 Å². The molecule has 0 aliphatic carbocycles. The molecule has 2 aliphatic heterocycles. The number of benzene rings is 1. The predicted molar refractivity (Wildman–Crippen MR) is 115 cm³/mol. The fourth-order valence-electron chi connectivity index (χ4n) is 4.55. The molecule has 6 heteroatoms. The molecule has 4 rings (SSSR count). The van der Waals surface area contributed by atoms with Gasteiger partial charge in [-0.1, -0.05) is 6.07 Å². The van der Waals surface area contributed by atoms with Gasteiger partial charge in [0.15, 0.2) is 6.29 Å². The number of aryl methyl sites for hydroxylation is 1. The summed E-state index contributed by atoms with van der Waals surface area (Å²) >= 11 is 0. The first-order chi connectivity index (χ1) is 14.0. The monoisotopic (exact) mass is 396 g/mol. The molecular weight excluding hydrogens is 367 g/mol. The third-order valence-electron chi connectivity index (χ3n) is 6.33. The predicted octanol–water partition coefficient (Wildman–Crippen LogP) is 3.48. The second-order valence-corrected chi connectivity index (χ2v) is 8.24. The van der Waals surface area contributed by atoms with Crippen molar-refractivity contribution < 1.29 is 9.18 Å². The molecule has 0 atom stereocenters. The van der Waals surface area contributed by atoms with E-state index in [-0.39, 0.29) is 5.82 Å². The zero-order valence-electron chi connectivity index (χ0n) is 17.3. The maximum Gasteiger partial charge on any atom is 0.170 e. The lowest BCUT2D eigenvalue weighted by atomic mass is 9.86. The average molecular weight is 397 g/mol. The third-order valence-corrected chi connectivity index (χ3v) is 6.33. The quantitative estimate of drug-likeness (QED) is 0.740. The second-order valence-electron chi connectivity index (χ2n) is 8.24. The fourth-order valence-corrected chi connectivity index (χ4v) is 4.55. The number of aldehydes is 1. The molecule has 2 aliphatic rings. The Morgan fingerprint density at radius 1 is 1.00 bits per heavy atom. The largest absolute Gasteiger partial charge is 0.370 e. The van der Waals surface area contributed by atoms with Gasteiger partial charge >= 0.3 is 0 Å². The molecule has 0 unspecified atom stereocenters. The molecule has 3 heterocycles. The molecule has 0 amide bonds. The zero-order valence-corrected chi connectivity index (χ0v) is 17.3. The van der Waals surface area contributed by atoms with Crippen LogP contribution in [0.25, 0.3) is 0 Å². The van der Waals surface area contributed by atoms with E-state index in [9.17, 15) is 9.18 Å². The number of halogens is 1. The Bertz CT molecular complexity index is 871. The minimum atomic E-state index is -0.175. The Morgan fingerprint density at radius 2 is 1.72 bits per heavy atom. The van der Waals surface area contributed by atoms with E-state index in [1.165, 1.54) is 5.56 Å². The third kappa shape index (κ3) is 4.27. The summed E-state index contributed by atoms with van der Waals surface area (Å²) in [7, 11) is 2.13. The lowest BCUT2D eigenvalue weighted by Gasteiger charge is -2.36. The van der Waals surface area contributed by atoms with Gasteiger partial charge < -0.3 is 14.7 Å². The average Bonchev–Trinajstić information content (AvgIpc) is 2.74. The highest BCUT2D eigenvalue weighted by atomic mass is 19.1. The van der Waals surface area contributed by atoms with E-state index < -0.39 is 0 Å². The summed E-state index contributed by atoms with van der Waals surface area (Å²) in [5.74, 6) is 1.15. The molecular formula is C23H29FN4O. The summed E-state index contributed by atoms with van der Waals surface area (Å²) in [6.45, 7) is 7.62. The van der Waals surface area contributed by atoms with Crippen molar-refractivity contribution in [2.24, 2.45) is 0 Å². The molecule has 0 bridgehead atoms. The van der Waals surface area contributed by atoms with Crippen molar-refractivity contribution in [2.75, 3.05) is 56.1 Å². The summed E-state index contributed by atoms with van der Waals surface area (Å²) in [6.07, 6.45) is 2.86. The molecule has 29 heavy (non-hydrogen) atoms. The summed E-state index contributed by atoms with van der Waals surface area (Å²) in [5, 5.41) is 0. The highest BCUT2D eigenvalue weighted by molar-refractivity contribution is 5.83. The molecule has 0 spiro atoms. The lowest BCUT2D eigenvalue weighted by Crippen LogP contribution is -2.45. The number of carbonyl (C=O) groups excluding carboxylic acids is 1. The van der Waals surface area contributed by atoms with Crippen LogP contribution in [0.4, 0.5) is 15.9 Å². The topological polar surface area (TPSA) is 39.7 Å². The van der Waals surface area contributed by atoms with Crippen LogP contribution in [0, 0.1) is 12.7 Å². The standard InChI is InChI=1S/C23H29FN4O/c1-17-15-19(24)3-4-20(17)18-7-9-27(10-8-18)22-5-6-23(25-21(22)16-29)28-13-11-26(2)12-14-28/h3-6,15-16,18H,7-14H2,1-2H3. The molecule has 1 aromatic heterocycles. The van der Waals surface area contributed by atoms with Crippen molar-refractivity contribution in [3.63, 3.8) is 0 Å². The summed E-state index contributed by atoms with van der Waals surface area (Å²) in [5.41, 5.74) is 3.71. The van der Waals surface area contributed by atoms with Crippen LogP contribution in [0.15, 0.2) is 30.3 Å². The molecule has 0 radical (unpaired) electrons. The summed E-state index contributed by atoms with van der Waals surface area (Å²) < 4.78 is 13.4. The molecule has 0 saturated carbocycles. The highest BCUT2D eigenvalue weighted by Crippen LogP contribution is 2.33. The van der Waals surface area contributed by atoms with E-state index in [2.05, 4.69) is 26.7 Å². The number of likely N-dealkylation sites (N-methyl/N-ethyl adjacent to an activating group) is 1.